The lowest BCUT2D eigenvalue weighted by atomic mass is 10.1. The number of nitrogens with zero attached hydrogens (tertiary/aromatic N) is 1. The molecule has 0 unspecified atom stereocenters. The van der Waals surface area contributed by atoms with Crippen molar-refractivity contribution in [2.24, 2.45) is 0 Å². The van der Waals surface area contributed by atoms with Crippen LogP contribution in [0.2, 0.25) is 0 Å². The van der Waals surface area contributed by atoms with Crippen molar-refractivity contribution in [1.82, 2.24) is 0 Å². The average Bonchev–Trinajstić information content (AvgIpc) is 2.10. The summed E-state index contributed by atoms with van der Waals surface area (Å²) in [6.45, 7) is 0. The van der Waals surface area contributed by atoms with Gasteiger partial charge in [0.15, 0.2) is 0 Å². The molecule has 0 bridgehead atoms. The molecule has 1 aromatic carbocycles. The fourth-order valence-electron chi connectivity index (χ4n) is 0.814. The first kappa shape index (κ1) is 8.06. The van der Waals surface area contributed by atoms with Crippen LogP contribution in [0, 0.1) is 16.7 Å². The topological polar surface area (TPSA) is 73.7 Å². The molecule has 0 atom stereocenters. The monoisotopic (exact) mass is 157 g/mol. The molecule has 0 amide bonds. The van der Waals surface area contributed by atoms with Crippen LogP contribution in [0.3, 0.4) is 0 Å². The molecular formula is C9H7N3. The van der Waals surface area contributed by atoms with E-state index in [1.165, 1.54) is 0 Å². The largest absolute Gasteiger partial charge is 0.399 e. The van der Waals surface area contributed by atoms with Crippen molar-refractivity contribution in [1.29, 1.82) is 10.7 Å². The quantitative estimate of drug-likeness (QED) is 0.367. The Kier molecular flexibility index (Phi) is 2.27. The molecule has 0 saturated carbocycles. The van der Waals surface area contributed by atoms with E-state index in [-0.39, 0.29) is 5.57 Å². The second kappa shape index (κ2) is 3.38. The Balaban J connectivity index is 3.15. The van der Waals surface area contributed by atoms with Gasteiger partial charge in [0.05, 0.1) is 0 Å². The fraction of sp³-hybridized carbons (Fsp3) is 0. The van der Waals surface area contributed by atoms with Crippen LogP contribution in [0.5, 0.6) is 0 Å². The molecule has 0 spiro atoms. The van der Waals surface area contributed by atoms with E-state index in [4.69, 9.17) is 16.4 Å². The van der Waals surface area contributed by atoms with Gasteiger partial charge in [0, 0.05) is 11.3 Å². The predicted octanol–water partition coefficient (Wildman–Crippen LogP) is 1.42. The van der Waals surface area contributed by atoms with Crippen LogP contribution in [-0.4, -0.2) is 5.87 Å². The van der Waals surface area contributed by atoms with E-state index >= 15 is 0 Å². The van der Waals surface area contributed by atoms with Gasteiger partial charge >= 0.3 is 0 Å². The number of nitrogen functional groups attached to an aromatic ring is 1. The number of hydrogen-bond donors (Lipinski definition) is 2. The minimum Gasteiger partial charge on any atom is -0.399 e. The molecule has 0 radical (unpaired) electrons. The number of allylic oxidation sites excluding steroid dienone is 1. The zero-order valence-corrected chi connectivity index (χ0v) is 6.33. The summed E-state index contributed by atoms with van der Waals surface area (Å²) >= 11 is 0. The van der Waals surface area contributed by atoms with Crippen molar-refractivity contribution in [2.75, 3.05) is 5.73 Å². The van der Waals surface area contributed by atoms with Crippen LogP contribution in [0.15, 0.2) is 24.3 Å². The van der Waals surface area contributed by atoms with Gasteiger partial charge in [-0.25, -0.2) is 0 Å². The van der Waals surface area contributed by atoms with Crippen LogP contribution in [-0.2, 0) is 0 Å². The molecular weight excluding hydrogens is 150 g/mol. The lowest BCUT2D eigenvalue weighted by molar-refractivity contribution is 1.52. The third-order valence-corrected chi connectivity index (χ3v) is 1.44. The van der Waals surface area contributed by atoms with Crippen molar-refractivity contribution in [3.63, 3.8) is 0 Å². The second-order valence-corrected chi connectivity index (χ2v) is 2.23. The zero-order valence-electron chi connectivity index (χ0n) is 6.33. The first-order valence-electron chi connectivity index (χ1n) is 3.33. The van der Waals surface area contributed by atoms with Crippen LogP contribution < -0.4 is 5.73 Å². The maximum absolute atomic E-state index is 8.55. The minimum absolute atomic E-state index is 0.218. The Morgan fingerprint density at radius 2 is 1.92 bits per heavy atom. The lowest BCUT2D eigenvalue weighted by Gasteiger charge is -1.95. The van der Waals surface area contributed by atoms with Gasteiger partial charge in [-0.15, -0.1) is 0 Å². The smallest absolute Gasteiger partial charge is 0.120 e. The third kappa shape index (κ3) is 1.51. The van der Waals surface area contributed by atoms with Crippen molar-refractivity contribution in [2.45, 2.75) is 0 Å². The first-order valence-corrected chi connectivity index (χ1v) is 3.33. The maximum Gasteiger partial charge on any atom is 0.120 e. The van der Waals surface area contributed by atoms with Gasteiger partial charge in [-0.3, -0.25) is 5.41 Å². The number of anilines is 1. The molecule has 0 saturated heterocycles. The average molecular weight is 157 g/mol. The summed E-state index contributed by atoms with van der Waals surface area (Å²) in [4.78, 5) is 0. The minimum atomic E-state index is 0.218. The molecule has 1 rings (SSSR count). The van der Waals surface area contributed by atoms with Gasteiger partial charge in [0.2, 0.25) is 0 Å². The highest BCUT2D eigenvalue weighted by atomic mass is 14.5. The summed E-state index contributed by atoms with van der Waals surface area (Å²) in [6.07, 6.45) is 0. The van der Waals surface area contributed by atoms with Crippen LogP contribution in [0.1, 0.15) is 5.56 Å². The third-order valence-electron chi connectivity index (χ3n) is 1.44. The van der Waals surface area contributed by atoms with Gasteiger partial charge in [-0.1, -0.05) is 12.1 Å². The number of hydrogen-bond acceptors (Lipinski definition) is 3. The summed E-state index contributed by atoms with van der Waals surface area (Å²) in [7, 11) is 0. The number of nitrogens with one attached hydrogen (secondary N) is 1. The molecule has 0 fully saturated rings. The Morgan fingerprint density at radius 3 is 2.33 bits per heavy atom. The van der Waals surface area contributed by atoms with Gasteiger partial charge in [-0.05, 0) is 18.0 Å². The highest BCUT2D eigenvalue weighted by molar-refractivity contribution is 5.96. The summed E-state index contributed by atoms with van der Waals surface area (Å²) in [6, 6.07) is 8.61. The van der Waals surface area contributed by atoms with Crippen molar-refractivity contribution >= 4 is 17.1 Å². The summed E-state index contributed by atoms with van der Waals surface area (Å²) in [5, 5.41) is 15.4. The van der Waals surface area contributed by atoms with E-state index in [9.17, 15) is 0 Å². The molecule has 0 aromatic heterocycles. The molecule has 58 valence electrons. The molecule has 0 aliphatic carbocycles. The summed E-state index contributed by atoms with van der Waals surface area (Å²) < 4.78 is 0. The van der Waals surface area contributed by atoms with Gasteiger partial charge in [0.25, 0.3) is 0 Å². The van der Waals surface area contributed by atoms with Crippen LogP contribution in [0.4, 0.5) is 5.69 Å². The number of nitrogens with two attached hydrogens (primary N) is 1. The molecule has 3 heteroatoms. The van der Waals surface area contributed by atoms with E-state index in [0.29, 0.717) is 11.3 Å². The van der Waals surface area contributed by atoms with Crippen LogP contribution >= 0.6 is 0 Å². The molecule has 1 aromatic rings. The van der Waals surface area contributed by atoms with E-state index in [1.807, 2.05) is 6.07 Å². The molecule has 0 aliphatic rings. The van der Waals surface area contributed by atoms with E-state index in [2.05, 4.69) is 5.87 Å². The van der Waals surface area contributed by atoms with E-state index in [1.54, 1.807) is 24.3 Å². The molecule has 3 nitrogen and oxygen atoms in total. The molecule has 12 heavy (non-hydrogen) atoms. The number of benzene rings is 1. The Bertz CT molecular complexity index is 364. The zero-order chi connectivity index (χ0) is 8.97. The Hall–Kier alpha value is -2.04. The van der Waals surface area contributed by atoms with Gasteiger partial charge in [-0.2, -0.15) is 5.26 Å². The van der Waals surface area contributed by atoms with Crippen LogP contribution in [0.25, 0.3) is 5.57 Å². The Labute approximate surface area is 70.3 Å². The molecule has 0 heterocycles. The summed E-state index contributed by atoms with van der Waals surface area (Å²) in [5.41, 5.74) is 6.98. The standard InChI is InChI=1S/C9H7N3/c10-5-8(6-11)7-1-3-9(12)4-2-7/h1-4,10H,12H2. The van der Waals surface area contributed by atoms with E-state index < -0.39 is 0 Å². The predicted molar refractivity (Wildman–Crippen MR) is 47.6 cm³/mol. The SMILES string of the molecule is N#CC(=C=N)c1ccc(N)cc1. The Morgan fingerprint density at radius 1 is 1.33 bits per heavy atom. The van der Waals surface area contributed by atoms with Crippen molar-refractivity contribution < 1.29 is 0 Å². The first-order chi connectivity index (χ1) is 5.77. The van der Waals surface area contributed by atoms with E-state index in [0.717, 1.165) is 0 Å². The lowest BCUT2D eigenvalue weighted by Crippen LogP contribution is -1.85. The number of rotatable bonds is 1. The van der Waals surface area contributed by atoms with Gasteiger partial charge in [0.1, 0.15) is 11.6 Å². The van der Waals surface area contributed by atoms with Crippen molar-refractivity contribution in [3.8, 4) is 6.07 Å². The van der Waals surface area contributed by atoms with Gasteiger partial charge < -0.3 is 5.73 Å². The fourth-order valence-corrected chi connectivity index (χ4v) is 0.814. The highest BCUT2D eigenvalue weighted by Gasteiger charge is 1.97. The number of nitriles is 1. The maximum atomic E-state index is 8.55. The molecule has 3 N–H and O–H groups in total. The summed E-state index contributed by atoms with van der Waals surface area (Å²) in [5.74, 6) is 2.05. The molecule has 0 aliphatic heterocycles. The normalized spacial score (nSPS) is 8.25. The second-order valence-electron chi connectivity index (χ2n) is 2.23. The van der Waals surface area contributed by atoms with Crippen molar-refractivity contribution in [3.05, 3.63) is 29.8 Å². The highest BCUT2D eigenvalue weighted by Crippen LogP contribution is 2.12.